The molecule has 86 valence electrons. The van der Waals surface area contributed by atoms with Crippen LogP contribution < -0.4 is 4.74 Å². The van der Waals surface area contributed by atoms with E-state index in [0.717, 1.165) is 22.2 Å². The Bertz CT molecular complexity index is 414. The van der Waals surface area contributed by atoms with Crippen molar-refractivity contribution in [3.63, 3.8) is 0 Å². The Kier molecular flexibility index (Phi) is 3.33. The molecule has 0 radical (unpaired) electrons. The normalized spacial score (nSPS) is 20.1. The van der Waals surface area contributed by atoms with Gasteiger partial charge in [0.2, 0.25) is 0 Å². The van der Waals surface area contributed by atoms with Crippen LogP contribution in [0.25, 0.3) is 0 Å². The number of para-hydroxylation sites is 1. The lowest BCUT2D eigenvalue weighted by atomic mass is 9.96. The lowest BCUT2D eigenvalue weighted by Crippen LogP contribution is -2.30. The third-order valence-corrected chi connectivity index (χ3v) is 3.75. The molecule has 0 aliphatic carbocycles. The van der Waals surface area contributed by atoms with Gasteiger partial charge in [-0.1, -0.05) is 26.0 Å². The van der Waals surface area contributed by atoms with Gasteiger partial charge < -0.3 is 4.74 Å². The van der Waals surface area contributed by atoms with Crippen molar-refractivity contribution in [1.82, 2.24) is 0 Å². The summed E-state index contributed by atoms with van der Waals surface area (Å²) in [6, 6.07) is 5.93. The van der Waals surface area contributed by atoms with Crippen LogP contribution in [0.2, 0.25) is 0 Å². The number of Topliss-reactive ketones (excluding diaryl/α,β-unsaturated/α-hetero) is 1. The Hall–Kier alpha value is -0.830. The molecule has 2 rings (SSSR count). The molecule has 16 heavy (non-hydrogen) atoms. The zero-order chi connectivity index (χ0) is 11.7. The van der Waals surface area contributed by atoms with Gasteiger partial charge in [-0.3, -0.25) is 4.79 Å². The van der Waals surface area contributed by atoms with Gasteiger partial charge in [-0.15, -0.1) is 0 Å². The summed E-state index contributed by atoms with van der Waals surface area (Å²) < 4.78 is 6.66. The van der Waals surface area contributed by atoms with Crippen LogP contribution in [0.15, 0.2) is 22.7 Å². The van der Waals surface area contributed by atoms with Crippen molar-refractivity contribution in [1.29, 1.82) is 0 Å². The van der Waals surface area contributed by atoms with Crippen molar-refractivity contribution >= 4 is 21.7 Å². The first-order valence-corrected chi connectivity index (χ1v) is 6.40. The molecule has 1 aromatic carbocycles. The highest BCUT2D eigenvalue weighted by Crippen LogP contribution is 2.36. The van der Waals surface area contributed by atoms with E-state index in [9.17, 15) is 4.79 Å². The second kappa shape index (κ2) is 4.58. The Morgan fingerprint density at radius 3 is 3.00 bits per heavy atom. The number of hydrogen-bond donors (Lipinski definition) is 0. The zero-order valence-electron chi connectivity index (χ0n) is 9.50. The lowest BCUT2D eigenvalue weighted by Gasteiger charge is -2.14. The van der Waals surface area contributed by atoms with Crippen molar-refractivity contribution in [3.05, 3.63) is 28.2 Å². The summed E-state index contributed by atoms with van der Waals surface area (Å²) in [7, 11) is 0. The van der Waals surface area contributed by atoms with Gasteiger partial charge in [-0.25, -0.2) is 0 Å². The number of halogens is 1. The first kappa shape index (κ1) is 11.6. The highest BCUT2D eigenvalue weighted by atomic mass is 79.9. The summed E-state index contributed by atoms with van der Waals surface area (Å²) in [5.41, 5.74) is 1.12. The molecule has 0 bridgehead atoms. The molecule has 1 aromatic rings. The largest absolute Gasteiger partial charge is 0.481 e. The van der Waals surface area contributed by atoms with Gasteiger partial charge in [-0.05, 0) is 34.0 Å². The topological polar surface area (TPSA) is 26.3 Å². The van der Waals surface area contributed by atoms with E-state index in [0.29, 0.717) is 6.42 Å². The number of hydrogen-bond acceptors (Lipinski definition) is 2. The molecule has 0 N–H and O–H groups in total. The summed E-state index contributed by atoms with van der Waals surface area (Å²) in [6.07, 6.45) is 1.29. The van der Waals surface area contributed by atoms with E-state index in [1.54, 1.807) is 0 Å². The highest BCUT2D eigenvalue weighted by Gasteiger charge is 2.32. The third kappa shape index (κ3) is 2.01. The molecular weight excluding hydrogens is 268 g/mol. The number of carbonyl (C=O) groups excluding carboxylic acids is 1. The number of ketones is 1. The van der Waals surface area contributed by atoms with Crippen molar-refractivity contribution < 1.29 is 9.53 Å². The minimum Gasteiger partial charge on any atom is -0.481 e. The smallest absolute Gasteiger partial charge is 0.176 e. The van der Waals surface area contributed by atoms with Gasteiger partial charge in [0.25, 0.3) is 0 Å². The molecule has 0 fully saturated rings. The summed E-state index contributed by atoms with van der Waals surface area (Å²) in [6.45, 7) is 3.99. The van der Waals surface area contributed by atoms with Gasteiger partial charge in [0.15, 0.2) is 11.9 Å². The van der Waals surface area contributed by atoms with E-state index < -0.39 is 0 Å². The fourth-order valence-corrected chi connectivity index (χ4v) is 2.41. The molecule has 0 spiro atoms. The summed E-state index contributed by atoms with van der Waals surface area (Å²) >= 11 is 3.44. The second-order valence-electron chi connectivity index (χ2n) is 4.25. The molecule has 1 aliphatic rings. The van der Waals surface area contributed by atoms with Gasteiger partial charge in [-0.2, -0.15) is 0 Å². The maximum atomic E-state index is 12.0. The summed E-state index contributed by atoms with van der Waals surface area (Å²) in [5, 5.41) is 0. The van der Waals surface area contributed by atoms with Gasteiger partial charge in [0.1, 0.15) is 5.75 Å². The van der Waals surface area contributed by atoms with Gasteiger partial charge in [0, 0.05) is 12.3 Å². The van der Waals surface area contributed by atoms with E-state index in [1.165, 1.54) is 0 Å². The van der Waals surface area contributed by atoms with E-state index in [2.05, 4.69) is 15.9 Å². The van der Waals surface area contributed by atoms with Gasteiger partial charge >= 0.3 is 0 Å². The number of ether oxygens (including phenoxy) is 1. The van der Waals surface area contributed by atoms with Crippen molar-refractivity contribution in [2.75, 3.05) is 0 Å². The van der Waals surface area contributed by atoms with Crippen LogP contribution in [0.5, 0.6) is 5.75 Å². The van der Waals surface area contributed by atoms with Crippen LogP contribution in [-0.4, -0.2) is 11.9 Å². The number of carbonyl (C=O) groups is 1. The minimum absolute atomic E-state index is 0.0816. The van der Waals surface area contributed by atoms with Crippen LogP contribution in [0.4, 0.5) is 0 Å². The number of fused-ring (bicyclic) bond motifs is 1. The molecule has 2 unspecified atom stereocenters. The predicted molar refractivity (Wildman–Crippen MR) is 66.7 cm³/mol. The maximum Gasteiger partial charge on any atom is 0.176 e. The maximum absolute atomic E-state index is 12.0. The Balaban J connectivity index is 2.17. The van der Waals surface area contributed by atoms with Gasteiger partial charge in [0.05, 0.1) is 4.47 Å². The zero-order valence-corrected chi connectivity index (χ0v) is 11.1. The average Bonchev–Trinajstić information content (AvgIpc) is 2.72. The van der Waals surface area contributed by atoms with E-state index in [-0.39, 0.29) is 17.8 Å². The number of rotatable bonds is 3. The molecule has 0 saturated heterocycles. The monoisotopic (exact) mass is 282 g/mol. The van der Waals surface area contributed by atoms with Crippen molar-refractivity contribution in [2.24, 2.45) is 5.92 Å². The molecule has 0 amide bonds. The van der Waals surface area contributed by atoms with Crippen LogP contribution in [0.1, 0.15) is 25.8 Å². The molecule has 0 aromatic heterocycles. The average molecular weight is 283 g/mol. The van der Waals surface area contributed by atoms with Crippen LogP contribution in [-0.2, 0) is 11.2 Å². The Morgan fingerprint density at radius 1 is 1.62 bits per heavy atom. The van der Waals surface area contributed by atoms with E-state index in [1.807, 2.05) is 32.0 Å². The first-order chi connectivity index (χ1) is 7.63. The Labute approximate surface area is 104 Å². The summed E-state index contributed by atoms with van der Waals surface area (Å²) in [4.78, 5) is 12.0. The van der Waals surface area contributed by atoms with E-state index in [4.69, 9.17) is 4.74 Å². The number of benzene rings is 1. The fraction of sp³-hybridized carbons (Fsp3) is 0.462. The third-order valence-electron chi connectivity index (χ3n) is 3.13. The quantitative estimate of drug-likeness (QED) is 0.850. The predicted octanol–water partition coefficient (Wildman–Crippen LogP) is 3.37. The van der Waals surface area contributed by atoms with Crippen molar-refractivity contribution in [3.8, 4) is 5.75 Å². The second-order valence-corrected chi connectivity index (χ2v) is 5.10. The van der Waals surface area contributed by atoms with Crippen molar-refractivity contribution in [2.45, 2.75) is 32.8 Å². The molecule has 1 heterocycles. The lowest BCUT2D eigenvalue weighted by molar-refractivity contribution is -0.128. The molecule has 1 aliphatic heterocycles. The highest BCUT2D eigenvalue weighted by molar-refractivity contribution is 9.10. The minimum atomic E-state index is -0.288. The van der Waals surface area contributed by atoms with Crippen LogP contribution in [0.3, 0.4) is 0 Å². The fourth-order valence-electron chi connectivity index (χ4n) is 1.91. The molecule has 2 nitrogen and oxygen atoms in total. The molecule has 3 heteroatoms. The first-order valence-electron chi connectivity index (χ1n) is 5.61. The SMILES string of the molecule is CCC(C)C(=O)C1Cc2cccc(Br)c2O1. The molecule has 0 saturated carbocycles. The molecule has 2 atom stereocenters. The van der Waals surface area contributed by atoms with Crippen LogP contribution in [0, 0.1) is 5.92 Å². The molecular formula is C13H15BrO2. The van der Waals surface area contributed by atoms with Crippen LogP contribution >= 0.6 is 15.9 Å². The standard InChI is InChI=1S/C13H15BrO2/c1-3-8(2)12(15)11-7-9-5-4-6-10(14)13(9)16-11/h4-6,8,11H,3,7H2,1-2H3. The Morgan fingerprint density at radius 2 is 2.38 bits per heavy atom. The summed E-state index contributed by atoms with van der Waals surface area (Å²) in [5.74, 6) is 1.13. The van der Waals surface area contributed by atoms with E-state index >= 15 is 0 Å².